The van der Waals surface area contributed by atoms with Crippen molar-refractivity contribution >= 4 is 70.5 Å². The van der Waals surface area contributed by atoms with Gasteiger partial charge in [0.1, 0.15) is 131 Å². The zero-order valence-corrected chi connectivity index (χ0v) is 72.5. The number of benzene rings is 7. The molecule has 130 heavy (non-hydrogen) atoms. The van der Waals surface area contributed by atoms with E-state index in [4.69, 9.17) is 67.8 Å². The molecule has 17 bridgehead atoms. The number of halogens is 2. The van der Waals surface area contributed by atoms with Crippen LogP contribution in [0, 0.1) is 5.92 Å². The first-order chi connectivity index (χ1) is 62.3. The van der Waals surface area contributed by atoms with Crippen molar-refractivity contribution in [1.29, 1.82) is 0 Å². The maximum Gasteiger partial charge on any atom is 0.248 e. The number of carbonyl (C=O) groups excluding carboxylic acids is 8. The number of phenolic OH excluding ortho intramolecular Hbond substituents is 4. The summed E-state index contributed by atoms with van der Waals surface area (Å²) in [5.41, 5.74) is 10.4. The van der Waals surface area contributed by atoms with Gasteiger partial charge >= 0.3 is 0 Å². The topological polar surface area (TPSA) is 596 Å². The van der Waals surface area contributed by atoms with E-state index in [1.807, 2.05) is 0 Å². The lowest BCUT2D eigenvalue weighted by atomic mass is 9.89. The molecule has 8 heterocycles. The SMILES string of the molecule is CC(C)CCCCCCC(=O)N[C@H]1[C@H](Oc2c3cc4cc2Oc2ccc(cc2Cl)C[C@H]2NC(=O)[C@H](N)c5ccc(O)c(c5)Oc5cc(O)cc(c5)[C@H](NC2=O)C(=O)N[C@H]4C(=O)N[C@H]2C(=O)N[C@@H](Cc4ccc(c(Cl)c4)O3)C(=O)N[C@H](C(=O)NCCCNCCCCNCCCN)c3cc(O)cc(O[C@H]4O[C@H](CO)[C@@H](O)[C@H](O)[C@@H]4O)c3-c3cc2ccc3O)O[C@H](CO)[C@@H](O)[C@@H]1O. The molecule has 17 atom stereocenters. The summed E-state index contributed by atoms with van der Waals surface area (Å²) in [6.07, 6.45) is -11.7. The van der Waals surface area contributed by atoms with Crippen LogP contribution in [0.2, 0.25) is 10.0 Å². The van der Waals surface area contributed by atoms with Gasteiger partial charge in [-0.3, -0.25) is 38.4 Å². The zero-order valence-electron chi connectivity index (χ0n) is 71.0. The van der Waals surface area contributed by atoms with E-state index in [1.54, 1.807) is 0 Å². The van der Waals surface area contributed by atoms with Gasteiger partial charge < -0.3 is 154 Å². The minimum Gasteiger partial charge on any atom is -0.508 e. The molecule has 7 aromatic rings. The largest absolute Gasteiger partial charge is 0.508 e. The Balaban J connectivity index is 1.01. The lowest BCUT2D eigenvalue weighted by molar-refractivity contribution is -0.277. The minimum absolute atomic E-state index is 0.0483. The number of hydrogen-bond donors (Lipinski definition) is 23. The minimum atomic E-state index is -2.35. The second-order valence-corrected chi connectivity index (χ2v) is 34.0. The first kappa shape index (κ1) is 96.1. The van der Waals surface area contributed by atoms with Crippen molar-refractivity contribution in [2.24, 2.45) is 17.4 Å². The Labute approximate surface area is 756 Å². The molecule has 0 aromatic heterocycles. The highest BCUT2D eigenvalue weighted by Crippen LogP contribution is 2.50. The third-order valence-electron chi connectivity index (χ3n) is 23.1. The number of aromatic hydroxyl groups is 4. The summed E-state index contributed by atoms with van der Waals surface area (Å²) in [5, 5.41) is 154. The van der Waals surface area contributed by atoms with E-state index in [2.05, 4.69) is 67.0 Å². The van der Waals surface area contributed by atoms with Crippen molar-refractivity contribution in [3.63, 3.8) is 0 Å². The molecule has 0 aliphatic carbocycles. The summed E-state index contributed by atoms with van der Waals surface area (Å²) in [6, 6.07) is 7.30. The highest BCUT2D eigenvalue weighted by Gasteiger charge is 2.50. The number of phenols is 4. The Morgan fingerprint density at radius 1 is 0.500 bits per heavy atom. The molecule has 0 unspecified atom stereocenters. The Morgan fingerprint density at radius 2 is 1.05 bits per heavy atom. The predicted octanol–water partition coefficient (Wildman–Crippen LogP) is 3.29. The van der Waals surface area contributed by atoms with Crippen molar-refractivity contribution in [2.45, 2.75) is 195 Å². The van der Waals surface area contributed by atoms with Crippen LogP contribution in [-0.4, -0.2) is 229 Å². The normalized spacial score (nSPS) is 25.0. The summed E-state index contributed by atoms with van der Waals surface area (Å²) in [7, 11) is 0. The Hall–Kier alpha value is -11.4. The zero-order chi connectivity index (χ0) is 92.9. The van der Waals surface area contributed by atoms with Crippen LogP contribution in [0.1, 0.15) is 147 Å². The summed E-state index contributed by atoms with van der Waals surface area (Å²) in [5.74, 6) is -14.2. The van der Waals surface area contributed by atoms with Crippen LogP contribution >= 0.6 is 23.2 Å². The van der Waals surface area contributed by atoms with Gasteiger partial charge in [0.05, 0.1) is 23.3 Å². The van der Waals surface area contributed by atoms with Crippen molar-refractivity contribution < 1.29 is 128 Å². The van der Waals surface area contributed by atoms with Crippen LogP contribution in [0.5, 0.6) is 69.0 Å². The van der Waals surface area contributed by atoms with Gasteiger partial charge in [0.15, 0.2) is 23.0 Å². The molecule has 0 saturated carbocycles. The monoisotopic (exact) mass is 1840 g/mol. The highest BCUT2D eigenvalue weighted by atomic mass is 35.5. The Morgan fingerprint density at radius 3 is 1.68 bits per heavy atom. The van der Waals surface area contributed by atoms with Crippen LogP contribution in [0.3, 0.4) is 0 Å². The standard InChI is InChI=1S/C90H108Cl2N12O26/c1-42(2)11-5-3-4-6-12-68(111)100-75-78(114)76(112)66(40-105)128-89(75)130-81-64-35-48-36-65(81)126-61-20-14-44(28-55(61)92)30-57-83(118)104-74(85(120)97-26-10-25-96-23-8-7-22-95-24-9-21-93)53-38-50(108)39-63(127-90-80(116)79(115)77(113)67(41-106)129-90)69(53)52-33-46(16-17-58(52)109)71(86(121)99-57)102-88(123)73(48)103-87(122)72-47-31-49(107)37-51(32-47)124-62-34-45(15-18-59(62)110)70(94)84(119)98-56(82(117)101-72)29-43-13-19-60(125-64)54(91)27-43/h13-20,27-28,31-39,42,56-57,66-67,70-80,89-90,95-96,105-110,112-116H,3-12,21-26,29-30,40-41,93-94H2,1-2H3,(H,97,120)(H,98,119)(H,99,121)(H,100,111)(H,101,117)(H,102,123)(H,103,122)(H,104,118)/t56-,57+,66-,67-,70-,71-,72+,73-,74+,75-,76-,77-,78-,79+,80+,89+,90+/m1/s1. The van der Waals surface area contributed by atoms with Crippen LogP contribution < -0.4 is 88.3 Å². The van der Waals surface area contributed by atoms with E-state index in [9.17, 15) is 65.8 Å². The fraction of sp³-hybridized carbons (Fsp3) is 0.444. The summed E-state index contributed by atoms with van der Waals surface area (Å²) in [6.45, 7) is 5.40. The third-order valence-corrected chi connectivity index (χ3v) is 23.7. The predicted molar refractivity (Wildman–Crippen MR) is 466 cm³/mol. The number of ether oxygens (including phenoxy) is 7. The Bertz CT molecular complexity index is 5290. The molecule has 8 amide bonds. The smallest absolute Gasteiger partial charge is 0.248 e. The Kier molecular flexibility index (Phi) is 32.2. The number of nitrogens with one attached hydrogen (secondary N) is 10. The van der Waals surface area contributed by atoms with Crippen LogP contribution in [0.15, 0.2) is 115 Å². The lowest BCUT2D eigenvalue weighted by Crippen LogP contribution is -2.65. The fourth-order valence-electron chi connectivity index (χ4n) is 16.1. The van der Waals surface area contributed by atoms with Crippen molar-refractivity contribution in [3.05, 3.63) is 164 Å². The molecule has 7 aromatic carbocycles. The maximum atomic E-state index is 16.8. The van der Waals surface area contributed by atoms with Gasteiger partial charge in [0, 0.05) is 49.1 Å². The van der Waals surface area contributed by atoms with Crippen molar-refractivity contribution in [1.82, 2.24) is 53.2 Å². The van der Waals surface area contributed by atoms with E-state index >= 15 is 28.8 Å². The molecular formula is C90H108Cl2N12O26. The third kappa shape index (κ3) is 23.1. The fourth-order valence-corrected chi connectivity index (χ4v) is 16.6. The van der Waals surface area contributed by atoms with Crippen LogP contribution in [0.4, 0.5) is 0 Å². The van der Waals surface area contributed by atoms with E-state index in [1.165, 1.54) is 60.7 Å². The van der Waals surface area contributed by atoms with E-state index in [-0.39, 0.29) is 79.4 Å². The van der Waals surface area contributed by atoms with Gasteiger partial charge in [-0.2, -0.15) is 0 Å². The molecule has 698 valence electrons. The number of carbonyl (C=O) groups is 8. The van der Waals surface area contributed by atoms with Gasteiger partial charge in [-0.05, 0) is 189 Å². The van der Waals surface area contributed by atoms with Crippen LogP contribution in [-0.2, 0) is 60.7 Å². The summed E-state index contributed by atoms with van der Waals surface area (Å²) < 4.78 is 45.0. The average molecular weight is 1840 g/mol. The molecule has 38 nitrogen and oxygen atoms in total. The average Bonchev–Trinajstić information content (AvgIpc) is 0.756. The molecule has 8 aliphatic rings. The van der Waals surface area contributed by atoms with Gasteiger partial charge in [0.2, 0.25) is 65.6 Å². The lowest BCUT2D eigenvalue weighted by Gasteiger charge is -2.42. The number of hydrogen-bond acceptors (Lipinski definition) is 30. The molecule has 40 heteroatoms. The molecule has 0 radical (unpaired) electrons. The first-order valence-electron chi connectivity index (χ1n) is 43.0. The second kappa shape index (κ2) is 43.5. The number of fused-ring (bicyclic) bond motifs is 14. The second-order valence-electron chi connectivity index (χ2n) is 33.2. The molecule has 2 fully saturated rings. The molecule has 25 N–H and O–H groups in total. The quantitative estimate of drug-likeness (QED) is 0.0328. The van der Waals surface area contributed by atoms with Gasteiger partial charge in [-0.25, -0.2) is 0 Å². The van der Waals surface area contributed by atoms with Crippen molar-refractivity contribution in [3.8, 4) is 80.1 Å². The van der Waals surface area contributed by atoms with E-state index < -0.39 is 240 Å². The maximum absolute atomic E-state index is 16.8. The number of rotatable bonds is 27. The van der Waals surface area contributed by atoms with E-state index in [0.29, 0.717) is 44.8 Å². The number of aliphatic hydroxyl groups is 7. The highest BCUT2D eigenvalue weighted by molar-refractivity contribution is 6.32. The first-order valence-corrected chi connectivity index (χ1v) is 43.8. The number of unbranched alkanes of at least 4 members (excludes halogenated alkanes) is 4. The molecule has 0 spiro atoms. The number of amides is 8. The van der Waals surface area contributed by atoms with Gasteiger partial charge in [-0.1, -0.05) is 87.0 Å². The summed E-state index contributed by atoms with van der Waals surface area (Å²) >= 11 is 14.6. The molecular weight excluding hydrogens is 1740 g/mol. The molecule has 8 aliphatic heterocycles. The summed E-state index contributed by atoms with van der Waals surface area (Å²) in [4.78, 5) is 125. The van der Waals surface area contributed by atoms with Gasteiger partial charge in [-0.15, -0.1) is 0 Å². The van der Waals surface area contributed by atoms with Gasteiger partial charge in [0.25, 0.3) is 0 Å². The number of aliphatic hydroxyl groups excluding tert-OH is 7. The van der Waals surface area contributed by atoms with Crippen LogP contribution in [0.25, 0.3) is 11.1 Å². The number of nitrogens with two attached hydrogens (primary N) is 2. The van der Waals surface area contributed by atoms with Crippen molar-refractivity contribution in [2.75, 3.05) is 52.5 Å². The molecule has 2 saturated heterocycles. The molecule has 15 rings (SSSR count). The van der Waals surface area contributed by atoms with E-state index in [0.717, 1.165) is 106 Å².